The molecule has 1 aromatic rings. The van der Waals surface area contributed by atoms with Gasteiger partial charge in [-0.3, -0.25) is 0 Å². The van der Waals surface area contributed by atoms with Crippen molar-refractivity contribution in [1.29, 1.82) is 0 Å². The fourth-order valence-electron chi connectivity index (χ4n) is 2.75. The van der Waals surface area contributed by atoms with Crippen LogP contribution in [0.2, 0.25) is 0 Å². The third-order valence-corrected chi connectivity index (χ3v) is 5.99. The fourth-order valence-corrected chi connectivity index (χ4v) is 3.53. The van der Waals surface area contributed by atoms with Gasteiger partial charge in [0, 0.05) is 6.08 Å². The Hall–Kier alpha value is -2.03. The zero-order valence-corrected chi connectivity index (χ0v) is 21.6. The molecular formula is C21H14F17IO2. The summed E-state index contributed by atoms with van der Waals surface area (Å²) in [5.74, 6) is -57.5. The predicted molar refractivity (Wildman–Crippen MR) is 113 cm³/mol. The number of unbranched alkanes of at least 4 members (excludes halogenated alkanes) is 1. The molecule has 1 rings (SSSR count). The monoisotopic (exact) mass is 748 g/mol. The van der Waals surface area contributed by atoms with Crippen LogP contribution >= 0.6 is 22.6 Å². The molecule has 41 heavy (non-hydrogen) atoms. The summed E-state index contributed by atoms with van der Waals surface area (Å²) in [6, 6.07) is 7.23. The predicted octanol–water partition coefficient (Wildman–Crippen LogP) is 9.34. The van der Waals surface area contributed by atoms with Crippen LogP contribution in [-0.4, -0.2) is 60.2 Å². The third kappa shape index (κ3) is 6.65. The highest BCUT2D eigenvalue weighted by Gasteiger charge is 2.95. The highest BCUT2D eigenvalue weighted by molar-refractivity contribution is 14.1. The van der Waals surface area contributed by atoms with Gasteiger partial charge in [0.25, 0.3) is 0 Å². The van der Waals surface area contributed by atoms with E-state index in [0.717, 1.165) is 22.6 Å². The Labute approximate surface area is 232 Å². The van der Waals surface area contributed by atoms with Crippen molar-refractivity contribution in [2.75, 3.05) is 6.61 Å². The Morgan fingerprint density at radius 1 is 0.634 bits per heavy atom. The van der Waals surface area contributed by atoms with Gasteiger partial charge in [-0.1, -0.05) is 18.2 Å². The van der Waals surface area contributed by atoms with Crippen LogP contribution < -0.4 is 0 Å². The number of alkyl halides is 17. The van der Waals surface area contributed by atoms with Crippen molar-refractivity contribution in [2.24, 2.45) is 0 Å². The summed E-state index contributed by atoms with van der Waals surface area (Å²) in [6.07, 6.45) is -10.2. The molecule has 0 bridgehead atoms. The van der Waals surface area contributed by atoms with E-state index in [9.17, 15) is 79.4 Å². The Balaban J connectivity index is 3.12. The minimum atomic E-state index is -8.66. The smallest absolute Gasteiger partial charge is 0.460 e. The van der Waals surface area contributed by atoms with Crippen molar-refractivity contribution in [3.8, 4) is 0 Å². The molecule has 0 aliphatic rings. The molecule has 0 saturated heterocycles. The molecule has 2 nitrogen and oxygen atoms in total. The van der Waals surface area contributed by atoms with E-state index in [1.165, 1.54) is 24.3 Å². The van der Waals surface area contributed by atoms with Gasteiger partial charge in [-0.15, -0.1) is 0 Å². The lowest BCUT2D eigenvalue weighted by Gasteiger charge is -2.42. The van der Waals surface area contributed by atoms with Crippen LogP contribution in [0.4, 0.5) is 74.6 Å². The van der Waals surface area contributed by atoms with Crippen molar-refractivity contribution < 1.29 is 84.2 Å². The molecule has 0 spiro atoms. The highest BCUT2D eigenvalue weighted by atomic mass is 127. The average molecular weight is 748 g/mol. The molecule has 0 aliphatic carbocycles. The van der Waals surface area contributed by atoms with Crippen LogP contribution in [0.5, 0.6) is 0 Å². The van der Waals surface area contributed by atoms with Crippen molar-refractivity contribution in [3.05, 3.63) is 45.6 Å². The van der Waals surface area contributed by atoms with Gasteiger partial charge < -0.3 is 4.74 Å². The Kier molecular flexibility index (Phi) is 10.8. The van der Waals surface area contributed by atoms with Gasteiger partial charge in [0.1, 0.15) is 0 Å². The summed E-state index contributed by atoms with van der Waals surface area (Å²) in [5.41, 5.74) is 0.104. The second-order valence-electron chi connectivity index (χ2n) is 8.12. The van der Waals surface area contributed by atoms with Gasteiger partial charge in [-0.05, 0) is 57.6 Å². The number of carbonyl (C=O) groups excluding carboxylic acids is 1. The summed E-state index contributed by atoms with van der Waals surface area (Å²) in [6.45, 7) is -0.389. The molecule has 0 amide bonds. The summed E-state index contributed by atoms with van der Waals surface area (Å²) < 4.78 is 230. The number of allylic oxidation sites excluding steroid dienone is 2. The molecule has 0 aromatic heterocycles. The first-order chi connectivity index (χ1) is 18.1. The lowest BCUT2D eigenvalue weighted by atomic mass is 9.89. The number of benzene rings is 1. The molecule has 236 valence electrons. The van der Waals surface area contributed by atoms with Crippen LogP contribution in [0.3, 0.4) is 0 Å². The lowest BCUT2D eigenvalue weighted by Crippen LogP contribution is -2.74. The van der Waals surface area contributed by atoms with E-state index < -0.39 is 69.7 Å². The first-order valence-corrected chi connectivity index (χ1v) is 11.5. The molecule has 20 heteroatoms. The molecule has 0 atom stereocenters. The van der Waals surface area contributed by atoms with E-state index in [0.29, 0.717) is 0 Å². The lowest BCUT2D eigenvalue weighted by molar-refractivity contribution is -0.459. The van der Waals surface area contributed by atoms with Gasteiger partial charge in [0.05, 0.1) is 12.2 Å². The number of hydrogen-bond donors (Lipinski definition) is 0. The fraction of sp³-hybridized carbons (Fsp3) is 0.571. The summed E-state index contributed by atoms with van der Waals surface area (Å²) in [7, 11) is 0. The number of hydrogen-bond acceptors (Lipinski definition) is 2. The van der Waals surface area contributed by atoms with Crippen molar-refractivity contribution in [1.82, 2.24) is 0 Å². The molecule has 0 heterocycles. The molecule has 0 unspecified atom stereocenters. The van der Waals surface area contributed by atoms with Crippen LogP contribution in [0.1, 0.15) is 29.6 Å². The number of rotatable bonds is 13. The Bertz CT molecular complexity index is 1080. The maximum atomic E-state index is 14.0. The summed E-state index contributed by atoms with van der Waals surface area (Å²) >= 11 is 0.794. The normalized spacial score (nSPS) is 15.2. The van der Waals surface area contributed by atoms with Crippen molar-refractivity contribution in [3.63, 3.8) is 0 Å². The largest absolute Gasteiger partial charge is 0.462 e. The minimum absolute atomic E-state index is 0.104. The second-order valence-corrected chi connectivity index (χ2v) is 9.50. The van der Waals surface area contributed by atoms with Crippen molar-refractivity contribution >= 4 is 28.6 Å². The number of halogens is 18. The second kappa shape index (κ2) is 11.9. The molecule has 0 saturated carbocycles. The van der Waals surface area contributed by atoms with Gasteiger partial charge >= 0.3 is 53.6 Å². The number of carbonyl (C=O) groups is 1. The minimum Gasteiger partial charge on any atom is -0.462 e. The average Bonchev–Trinajstić information content (AvgIpc) is 2.82. The maximum Gasteiger partial charge on any atom is 0.460 e. The van der Waals surface area contributed by atoms with E-state index in [1.807, 2.05) is 0 Å². The first kappa shape index (κ1) is 37.0. The first-order valence-electron chi connectivity index (χ1n) is 10.4. The topological polar surface area (TPSA) is 26.3 Å². The molecule has 0 aliphatic heterocycles. The third-order valence-electron chi connectivity index (χ3n) is 5.14. The highest BCUT2D eigenvalue weighted by Crippen LogP contribution is 2.64. The summed E-state index contributed by atoms with van der Waals surface area (Å²) in [4.78, 5) is 11.7. The maximum absolute atomic E-state index is 14.0. The SMILES string of the molecule is O=C(OCCCCC(I)=CC(F)(F)C(F)(F)C(F)(F)C(F)(F)C(F)(F)C(F)(F)C(F)(F)C(F)(F)F)c1ccccc1. The molecule has 0 fully saturated rings. The molecule has 0 radical (unpaired) electrons. The van der Waals surface area contributed by atoms with E-state index >= 15 is 0 Å². The van der Waals surface area contributed by atoms with Crippen LogP contribution in [0.15, 0.2) is 40.0 Å². The van der Waals surface area contributed by atoms with Gasteiger partial charge in [-0.2, -0.15) is 74.6 Å². The van der Waals surface area contributed by atoms with Crippen LogP contribution in [-0.2, 0) is 4.74 Å². The van der Waals surface area contributed by atoms with E-state index in [4.69, 9.17) is 4.74 Å². The zero-order valence-electron chi connectivity index (χ0n) is 19.4. The van der Waals surface area contributed by atoms with Gasteiger partial charge in [0.15, 0.2) is 0 Å². The van der Waals surface area contributed by atoms with Gasteiger partial charge in [0.2, 0.25) is 0 Å². The Morgan fingerprint density at radius 3 is 1.49 bits per heavy atom. The molecule has 1 aromatic carbocycles. The zero-order chi connectivity index (χ0) is 32.5. The van der Waals surface area contributed by atoms with E-state index in [1.54, 1.807) is 6.07 Å². The molecular weight excluding hydrogens is 734 g/mol. The van der Waals surface area contributed by atoms with Crippen LogP contribution in [0.25, 0.3) is 0 Å². The van der Waals surface area contributed by atoms with E-state index in [-0.39, 0.29) is 25.0 Å². The quantitative estimate of drug-likeness (QED) is 0.0871. The Morgan fingerprint density at radius 2 is 1.05 bits per heavy atom. The van der Waals surface area contributed by atoms with E-state index in [2.05, 4.69) is 0 Å². The molecule has 0 N–H and O–H groups in total. The number of ether oxygens (including phenoxy) is 1. The summed E-state index contributed by atoms with van der Waals surface area (Å²) in [5, 5.41) is 0. The number of esters is 1. The standard InChI is InChI=1S/C21H14F17IO2/c22-14(23,10-12(39)8-4-5-9-41-13(40)11-6-2-1-3-7-11)15(24,25)16(26,27)17(28,29)18(30,31)19(32,33)20(34,35)21(36,37)38/h1-3,6-7,10H,4-5,8-9H2. The van der Waals surface area contributed by atoms with Crippen LogP contribution in [0, 0.1) is 0 Å². The van der Waals surface area contributed by atoms with Crippen molar-refractivity contribution in [2.45, 2.75) is 66.9 Å². The van der Waals surface area contributed by atoms with Gasteiger partial charge in [-0.25, -0.2) is 4.79 Å².